The Morgan fingerprint density at radius 1 is 0.941 bits per heavy atom. The number of allylic oxidation sites excluding steroid dienone is 5. The maximum atomic E-state index is 12.6. The van der Waals surface area contributed by atoms with Crippen LogP contribution < -0.4 is 0 Å². The Morgan fingerprint density at radius 3 is 2.09 bits per heavy atom. The lowest BCUT2D eigenvalue weighted by atomic mass is 9.45. The number of hydrogen-bond donors (Lipinski definition) is 2. The van der Waals surface area contributed by atoms with E-state index in [1.807, 2.05) is 6.92 Å². The van der Waals surface area contributed by atoms with Gasteiger partial charge in [-0.15, -0.1) is 0 Å². The molecule has 0 aromatic rings. The highest BCUT2D eigenvalue weighted by molar-refractivity contribution is 5.86. The van der Waals surface area contributed by atoms with E-state index in [4.69, 9.17) is 5.11 Å². The number of carboxylic acids is 1. The van der Waals surface area contributed by atoms with Crippen LogP contribution in [-0.4, -0.2) is 27.6 Å². The predicted octanol–water partition coefficient (Wildman–Crippen LogP) is 7.42. The summed E-state index contributed by atoms with van der Waals surface area (Å²) in [6, 6.07) is 0. The first-order chi connectivity index (χ1) is 15.7. The van der Waals surface area contributed by atoms with Gasteiger partial charge in [0.15, 0.2) is 0 Å². The first-order valence-corrected chi connectivity index (χ1v) is 13.2. The van der Waals surface area contributed by atoms with Gasteiger partial charge in [0.05, 0.1) is 5.60 Å². The van der Waals surface area contributed by atoms with Gasteiger partial charge in [-0.3, -0.25) is 4.79 Å². The predicted molar refractivity (Wildman–Crippen MR) is 140 cm³/mol. The van der Waals surface area contributed by atoms with Gasteiger partial charge in [0, 0.05) is 17.4 Å². The first kappa shape index (κ1) is 28.6. The minimum Gasteiger partial charge on any atom is -0.478 e. The van der Waals surface area contributed by atoms with E-state index in [1.165, 1.54) is 11.1 Å². The number of aliphatic hydroxyl groups is 1. The van der Waals surface area contributed by atoms with Crippen molar-refractivity contribution in [2.45, 2.75) is 118 Å². The highest BCUT2D eigenvalue weighted by atomic mass is 16.4. The molecule has 2 fully saturated rings. The molecule has 2 aliphatic carbocycles. The van der Waals surface area contributed by atoms with E-state index in [1.54, 1.807) is 13.0 Å². The molecule has 0 saturated heterocycles. The molecule has 0 aliphatic heterocycles. The molecule has 0 aromatic heterocycles. The third-order valence-corrected chi connectivity index (χ3v) is 9.07. The first-order valence-electron chi connectivity index (χ1n) is 13.2. The van der Waals surface area contributed by atoms with E-state index in [0.29, 0.717) is 23.7 Å². The summed E-state index contributed by atoms with van der Waals surface area (Å²) in [7, 11) is 0. The highest BCUT2D eigenvalue weighted by Gasteiger charge is 2.59. The lowest BCUT2D eigenvalue weighted by Crippen LogP contribution is -2.59. The molecule has 4 atom stereocenters. The number of fused-ring (bicyclic) bond motifs is 1. The Bertz CT molecular complexity index is 842. The van der Waals surface area contributed by atoms with Crippen LogP contribution in [0.2, 0.25) is 0 Å². The van der Waals surface area contributed by atoms with Crippen molar-refractivity contribution in [2.24, 2.45) is 22.7 Å². The van der Waals surface area contributed by atoms with Gasteiger partial charge in [-0.05, 0) is 103 Å². The van der Waals surface area contributed by atoms with E-state index in [9.17, 15) is 14.7 Å². The van der Waals surface area contributed by atoms with E-state index >= 15 is 0 Å². The fourth-order valence-electron chi connectivity index (χ4n) is 6.82. The molecular weight excluding hydrogens is 424 g/mol. The van der Waals surface area contributed by atoms with Crippen molar-refractivity contribution in [3.05, 3.63) is 34.9 Å². The maximum absolute atomic E-state index is 12.6. The average molecular weight is 473 g/mol. The number of carbonyl (C=O) groups is 2. The van der Waals surface area contributed by atoms with Crippen LogP contribution in [0.4, 0.5) is 0 Å². The molecule has 0 radical (unpaired) electrons. The molecule has 0 bridgehead atoms. The third-order valence-electron chi connectivity index (χ3n) is 9.07. The van der Waals surface area contributed by atoms with Crippen LogP contribution in [-0.2, 0) is 9.59 Å². The Kier molecular flexibility index (Phi) is 9.55. The maximum Gasteiger partial charge on any atom is 0.330 e. The molecule has 0 unspecified atom stereocenters. The van der Waals surface area contributed by atoms with E-state index in [0.717, 1.165) is 57.8 Å². The van der Waals surface area contributed by atoms with Crippen molar-refractivity contribution >= 4 is 11.8 Å². The molecule has 4 nitrogen and oxygen atoms in total. The molecule has 2 N–H and O–H groups in total. The lowest BCUT2D eigenvalue weighted by molar-refractivity contribution is -0.177. The standard InChI is InChI=1S/C30H48O4/c1-21(13-9-15-23(3)27(32)33)11-8-12-22(2)14-10-16-25-29(6)19-18-26(31)28(4,5)24(29)17-20-30(25,7)34/h11,14-15,24-25,34H,8-10,12-13,16-20H2,1-7H3,(H,32,33)/b21-11+,22-14+,23-15+/t24-,25+,29-,30+/m0/s1. The van der Waals surface area contributed by atoms with Gasteiger partial charge >= 0.3 is 5.97 Å². The van der Waals surface area contributed by atoms with E-state index < -0.39 is 11.6 Å². The summed E-state index contributed by atoms with van der Waals surface area (Å²) >= 11 is 0. The number of hydrogen-bond acceptors (Lipinski definition) is 3. The molecule has 0 spiro atoms. The summed E-state index contributed by atoms with van der Waals surface area (Å²) < 4.78 is 0. The molecule has 2 rings (SSSR count). The molecule has 4 heteroatoms. The number of aliphatic carboxylic acids is 1. The van der Waals surface area contributed by atoms with Gasteiger partial charge in [0.1, 0.15) is 5.78 Å². The van der Waals surface area contributed by atoms with E-state index in [2.05, 4.69) is 46.8 Å². The number of carbonyl (C=O) groups excluding carboxylic acids is 1. The number of Topliss-reactive ketones (excluding diaryl/α,β-unsaturated/α-hetero) is 1. The van der Waals surface area contributed by atoms with Gasteiger partial charge in [0.25, 0.3) is 0 Å². The average Bonchev–Trinajstić information content (AvgIpc) is 2.72. The van der Waals surface area contributed by atoms with Crippen LogP contribution in [0.15, 0.2) is 34.9 Å². The zero-order valence-electron chi connectivity index (χ0n) is 22.7. The monoisotopic (exact) mass is 472 g/mol. The Labute approximate surface area is 207 Å². The second-order valence-corrected chi connectivity index (χ2v) is 12.1. The lowest BCUT2D eigenvalue weighted by Gasteiger charge is -2.60. The molecule has 192 valence electrons. The topological polar surface area (TPSA) is 74.6 Å². The molecule has 2 aliphatic rings. The second-order valence-electron chi connectivity index (χ2n) is 12.1. The highest BCUT2D eigenvalue weighted by Crippen LogP contribution is 2.62. The Morgan fingerprint density at radius 2 is 1.50 bits per heavy atom. The SMILES string of the molecule is C/C(=C\CC/C(C)=C/CC[C@@H]1[C@@]2(C)CCC(=O)C(C)(C)[C@@H]2CC[C@@]1(C)O)CC/C=C(\C)C(=O)O. The van der Waals surface area contributed by atoms with Crippen molar-refractivity contribution in [1.82, 2.24) is 0 Å². The summed E-state index contributed by atoms with van der Waals surface area (Å²) in [5.41, 5.74) is 2.13. The third kappa shape index (κ3) is 6.71. The smallest absolute Gasteiger partial charge is 0.330 e. The summed E-state index contributed by atoms with van der Waals surface area (Å²) in [6.07, 6.45) is 15.2. The van der Waals surface area contributed by atoms with Crippen LogP contribution in [0.5, 0.6) is 0 Å². The minimum absolute atomic E-state index is 0.00813. The molecule has 0 heterocycles. The minimum atomic E-state index is -0.845. The zero-order chi connectivity index (χ0) is 25.7. The van der Waals surface area contributed by atoms with Crippen LogP contribution in [0, 0.1) is 22.7 Å². The van der Waals surface area contributed by atoms with Gasteiger partial charge in [-0.1, -0.05) is 50.1 Å². The van der Waals surface area contributed by atoms with Crippen LogP contribution in [0.25, 0.3) is 0 Å². The van der Waals surface area contributed by atoms with Gasteiger partial charge in [-0.2, -0.15) is 0 Å². The molecule has 34 heavy (non-hydrogen) atoms. The van der Waals surface area contributed by atoms with Crippen molar-refractivity contribution in [3.63, 3.8) is 0 Å². The fraction of sp³-hybridized carbons (Fsp3) is 0.733. The van der Waals surface area contributed by atoms with Crippen LogP contribution >= 0.6 is 0 Å². The normalized spacial score (nSPS) is 32.5. The number of ketones is 1. The fourth-order valence-corrected chi connectivity index (χ4v) is 6.82. The van der Waals surface area contributed by atoms with E-state index in [-0.39, 0.29) is 16.7 Å². The van der Waals surface area contributed by atoms with Crippen molar-refractivity contribution in [3.8, 4) is 0 Å². The second kappa shape index (κ2) is 11.4. The summed E-state index contributed by atoms with van der Waals surface area (Å²) in [5.74, 6) is 0.100. The van der Waals surface area contributed by atoms with Crippen LogP contribution in [0.3, 0.4) is 0 Å². The van der Waals surface area contributed by atoms with Crippen molar-refractivity contribution < 1.29 is 19.8 Å². The zero-order valence-corrected chi connectivity index (χ0v) is 22.7. The number of carboxylic acid groups (broad SMARTS) is 1. The molecule has 0 aromatic carbocycles. The van der Waals surface area contributed by atoms with Crippen LogP contribution in [0.1, 0.15) is 113 Å². The van der Waals surface area contributed by atoms with Gasteiger partial charge in [0.2, 0.25) is 0 Å². The Balaban J connectivity index is 1.92. The molecule has 2 saturated carbocycles. The van der Waals surface area contributed by atoms with Crippen molar-refractivity contribution in [1.29, 1.82) is 0 Å². The summed E-state index contributed by atoms with van der Waals surface area (Å²) in [6.45, 7) is 14.5. The summed E-state index contributed by atoms with van der Waals surface area (Å²) in [5, 5.41) is 20.2. The Hall–Kier alpha value is -1.68. The molecular formula is C30H48O4. The largest absolute Gasteiger partial charge is 0.478 e. The van der Waals surface area contributed by atoms with Gasteiger partial charge in [-0.25, -0.2) is 4.79 Å². The number of rotatable bonds is 10. The molecule has 0 amide bonds. The quantitative estimate of drug-likeness (QED) is 0.256. The van der Waals surface area contributed by atoms with Crippen molar-refractivity contribution in [2.75, 3.05) is 0 Å². The van der Waals surface area contributed by atoms with Gasteiger partial charge < -0.3 is 10.2 Å². The summed E-state index contributed by atoms with van der Waals surface area (Å²) in [4.78, 5) is 23.5.